The van der Waals surface area contributed by atoms with E-state index in [9.17, 15) is 9.59 Å². The lowest BCUT2D eigenvalue weighted by Gasteiger charge is -2.18. The Morgan fingerprint density at radius 1 is 1.38 bits per heavy atom. The van der Waals surface area contributed by atoms with Gasteiger partial charge in [-0.05, 0) is 25.2 Å². The highest BCUT2D eigenvalue weighted by molar-refractivity contribution is 7.09. The van der Waals surface area contributed by atoms with E-state index in [0.29, 0.717) is 19.0 Å². The van der Waals surface area contributed by atoms with Gasteiger partial charge in [0.1, 0.15) is 0 Å². The molecule has 6 nitrogen and oxygen atoms in total. The monoisotopic (exact) mass is 313 g/mol. The van der Waals surface area contributed by atoms with E-state index in [0.717, 1.165) is 17.0 Å². The number of carboxylic acids is 1. The number of thiazole rings is 1. The van der Waals surface area contributed by atoms with E-state index in [1.165, 1.54) is 11.3 Å². The Hall–Kier alpha value is -1.63. The highest BCUT2D eigenvalue weighted by Crippen LogP contribution is 2.15. The predicted octanol–water partition coefficient (Wildman–Crippen LogP) is 2.39. The first kappa shape index (κ1) is 17.4. The quantitative estimate of drug-likeness (QED) is 0.687. The fourth-order valence-corrected chi connectivity index (χ4v) is 2.83. The number of amides is 2. The SMILES string of the molecule is Cc1ncsc1CNC(=O)NC[C@H](CC(=O)O)CC(C)C. The third-order valence-corrected chi connectivity index (χ3v) is 4.01. The number of nitrogens with zero attached hydrogens (tertiary/aromatic N) is 1. The summed E-state index contributed by atoms with van der Waals surface area (Å²) in [5.41, 5.74) is 2.67. The molecule has 0 aliphatic rings. The molecule has 0 fully saturated rings. The van der Waals surface area contributed by atoms with Crippen LogP contribution in [0.15, 0.2) is 5.51 Å². The zero-order valence-corrected chi connectivity index (χ0v) is 13.5. The zero-order chi connectivity index (χ0) is 15.8. The van der Waals surface area contributed by atoms with E-state index in [-0.39, 0.29) is 18.4 Å². The van der Waals surface area contributed by atoms with Crippen molar-refractivity contribution in [1.82, 2.24) is 15.6 Å². The van der Waals surface area contributed by atoms with E-state index in [4.69, 9.17) is 5.11 Å². The molecule has 3 N–H and O–H groups in total. The molecular formula is C14H23N3O3S. The zero-order valence-electron chi connectivity index (χ0n) is 12.7. The molecule has 0 saturated heterocycles. The van der Waals surface area contributed by atoms with Crippen LogP contribution in [0.25, 0.3) is 0 Å². The lowest BCUT2D eigenvalue weighted by Crippen LogP contribution is -2.38. The Morgan fingerprint density at radius 3 is 2.62 bits per heavy atom. The lowest BCUT2D eigenvalue weighted by molar-refractivity contribution is -0.138. The number of nitrogens with one attached hydrogen (secondary N) is 2. The van der Waals surface area contributed by atoms with E-state index in [2.05, 4.69) is 15.6 Å². The first-order chi connectivity index (χ1) is 9.88. The average Bonchev–Trinajstić information content (AvgIpc) is 2.77. The molecule has 0 unspecified atom stereocenters. The van der Waals surface area contributed by atoms with Gasteiger partial charge in [0, 0.05) is 17.8 Å². The maximum atomic E-state index is 11.7. The molecule has 0 aliphatic carbocycles. The second-order valence-electron chi connectivity index (χ2n) is 5.52. The van der Waals surface area contributed by atoms with Crippen molar-refractivity contribution in [3.8, 4) is 0 Å². The summed E-state index contributed by atoms with van der Waals surface area (Å²) in [6, 6.07) is -0.276. The summed E-state index contributed by atoms with van der Waals surface area (Å²) >= 11 is 1.50. The van der Waals surface area contributed by atoms with Gasteiger partial charge in [0.2, 0.25) is 0 Å². The second-order valence-corrected chi connectivity index (χ2v) is 6.46. The van der Waals surface area contributed by atoms with Crippen LogP contribution < -0.4 is 10.6 Å². The van der Waals surface area contributed by atoms with Crippen LogP contribution in [0.1, 0.15) is 37.3 Å². The molecule has 7 heteroatoms. The highest BCUT2D eigenvalue weighted by Gasteiger charge is 2.16. The van der Waals surface area contributed by atoms with Crippen molar-refractivity contribution in [1.29, 1.82) is 0 Å². The number of aromatic nitrogens is 1. The van der Waals surface area contributed by atoms with Crippen LogP contribution in [0.2, 0.25) is 0 Å². The maximum absolute atomic E-state index is 11.7. The van der Waals surface area contributed by atoms with Gasteiger partial charge < -0.3 is 15.7 Å². The summed E-state index contributed by atoms with van der Waals surface area (Å²) in [5, 5.41) is 14.4. The van der Waals surface area contributed by atoms with Crippen molar-refractivity contribution in [2.24, 2.45) is 11.8 Å². The molecule has 118 valence electrons. The van der Waals surface area contributed by atoms with E-state index in [1.54, 1.807) is 5.51 Å². The van der Waals surface area contributed by atoms with Crippen molar-refractivity contribution in [3.63, 3.8) is 0 Å². The summed E-state index contributed by atoms with van der Waals surface area (Å²) in [6.45, 7) is 6.80. The molecule has 0 bridgehead atoms. The first-order valence-electron chi connectivity index (χ1n) is 7.01. The van der Waals surface area contributed by atoms with Crippen LogP contribution in [0, 0.1) is 18.8 Å². The van der Waals surface area contributed by atoms with Crippen LogP contribution >= 0.6 is 11.3 Å². The summed E-state index contributed by atoms with van der Waals surface area (Å²) in [5.74, 6) is -0.472. The Morgan fingerprint density at radius 2 is 2.10 bits per heavy atom. The van der Waals surface area contributed by atoms with Crippen LogP contribution in [0.3, 0.4) is 0 Å². The molecule has 0 spiro atoms. The van der Waals surface area contributed by atoms with Gasteiger partial charge >= 0.3 is 12.0 Å². The maximum Gasteiger partial charge on any atom is 0.315 e. The van der Waals surface area contributed by atoms with Crippen molar-refractivity contribution >= 4 is 23.3 Å². The van der Waals surface area contributed by atoms with Gasteiger partial charge in [0.15, 0.2) is 0 Å². The molecule has 0 saturated carbocycles. The number of carboxylic acid groups (broad SMARTS) is 1. The highest BCUT2D eigenvalue weighted by atomic mass is 32.1. The number of hydrogen-bond donors (Lipinski definition) is 3. The fourth-order valence-electron chi connectivity index (χ4n) is 2.11. The van der Waals surface area contributed by atoms with E-state index in [1.807, 2.05) is 20.8 Å². The van der Waals surface area contributed by atoms with Crippen molar-refractivity contribution in [3.05, 3.63) is 16.1 Å². The van der Waals surface area contributed by atoms with Gasteiger partial charge in [-0.2, -0.15) is 0 Å². The van der Waals surface area contributed by atoms with E-state index >= 15 is 0 Å². The third kappa shape index (κ3) is 7.08. The lowest BCUT2D eigenvalue weighted by atomic mass is 9.94. The summed E-state index contributed by atoms with van der Waals surface area (Å²) in [7, 11) is 0. The smallest absolute Gasteiger partial charge is 0.315 e. The van der Waals surface area contributed by atoms with Gasteiger partial charge in [-0.15, -0.1) is 11.3 Å². The Bertz CT molecular complexity index is 474. The fraction of sp³-hybridized carbons (Fsp3) is 0.643. The van der Waals surface area contributed by atoms with Gasteiger partial charge in [-0.25, -0.2) is 9.78 Å². The number of carbonyl (C=O) groups is 2. The number of carbonyl (C=O) groups excluding carboxylic acids is 1. The van der Waals surface area contributed by atoms with Gasteiger partial charge in [0.25, 0.3) is 0 Å². The minimum Gasteiger partial charge on any atom is -0.481 e. The van der Waals surface area contributed by atoms with Gasteiger partial charge in [-0.3, -0.25) is 4.79 Å². The minimum atomic E-state index is -0.830. The Kier molecular flexibility index (Phi) is 7.14. The normalized spacial score (nSPS) is 12.2. The molecular weight excluding hydrogens is 290 g/mol. The van der Waals surface area contributed by atoms with Crippen LogP contribution in [0.5, 0.6) is 0 Å². The predicted molar refractivity (Wildman–Crippen MR) is 82.3 cm³/mol. The van der Waals surface area contributed by atoms with Gasteiger partial charge in [-0.1, -0.05) is 13.8 Å². The van der Waals surface area contributed by atoms with Crippen LogP contribution in [-0.2, 0) is 11.3 Å². The summed E-state index contributed by atoms with van der Waals surface area (Å²) in [4.78, 5) is 27.7. The van der Waals surface area contributed by atoms with Crippen molar-refractivity contribution in [2.75, 3.05) is 6.54 Å². The number of aryl methyl sites for hydroxylation is 1. The number of aliphatic carboxylic acids is 1. The molecule has 1 heterocycles. The summed E-state index contributed by atoms with van der Waals surface area (Å²) < 4.78 is 0. The van der Waals surface area contributed by atoms with Gasteiger partial charge in [0.05, 0.1) is 17.7 Å². The number of urea groups is 1. The number of hydrogen-bond acceptors (Lipinski definition) is 4. The minimum absolute atomic E-state index is 0.0432. The molecule has 21 heavy (non-hydrogen) atoms. The largest absolute Gasteiger partial charge is 0.481 e. The van der Waals surface area contributed by atoms with Crippen molar-refractivity contribution in [2.45, 2.75) is 40.2 Å². The summed E-state index contributed by atoms with van der Waals surface area (Å²) in [6.07, 6.45) is 0.854. The average molecular weight is 313 g/mol. The molecule has 1 rings (SSSR count). The van der Waals surface area contributed by atoms with Crippen LogP contribution in [0.4, 0.5) is 4.79 Å². The Balaban J connectivity index is 2.35. The molecule has 1 atom stereocenters. The standard InChI is InChI=1S/C14H23N3O3S/c1-9(2)4-11(5-13(18)19)6-15-14(20)16-7-12-10(3)17-8-21-12/h8-9,11H,4-7H2,1-3H3,(H,18,19)(H2,15,16,20)/t11-/m0/s1. The Labute approximate surface area is 129 Å². The van der Waals surface area contributed by atoms with Crippen LogP contribution in [-0.4, -0.2) is 28.6 Å². The molecule has 1 aromatic rings. The van der Waals surface area contributed by atoms with Crippen molar-refractivity contribution < 1.29 is 14.7 Å². The molecule has 1 aromatic heterocycles. The van der Waals surface area contributed by atoms with E-state index < -0.39 is 5.97 Å². The molecule has 2 amide bonds. The molecule has 0 aromatic carbocycles. The second kappa shape index (κ2) is 8.61. The topological polar surface area (TPSA) is 91.3 Å². The molecule has 0 radical (unpaired) electrons. The first-order valence-corrected chi connectivity index (χ1v) is 7.89. The number of rotatable bonds is 8. The third-order valence-electron chi connectivity index (χ3n) is 3.07. The molecule has 0 aliphatic heterocycles.